The number of imidazole rings is 1. The molecule has 5 rings (SSSR count). The van der Waals surface area contributed by atoms with Crippen molar-refractivity contribution in [1.29, 1.82) is 5.26 Å². The quantitative estimate of drug-likeness (QED) is 0.486. The van der Waals surface area contributed by atoms with Gasteiger partial charge in [0.1, 0.15) is 30.2 Å². The number of aromatic nitrogens is 3. The number of pyridine rings is 1. The fourth-order valence-corrected chi connectivity index (χ4v) is 5.65. The third-order valence-corrected chi connectivity index (χ3v) is 7.44. The van der Waals surface area contributed by atoms with E-state index in [1.54, 1.807) is 6.07 Å². The average molecular weight is 539 g/mol. The Bertz CT molecular complexity index is 1460. The molecule has 3 aromatic rings. The Balaban J connectivity index is 1.39. The van der Waals surface area contributed by atoms with E-state index in [0.717, 1.165) is 12.8 Å². The van der Waals surface area contributed by atoms with E-state index in [9.17, 15) is 9.59 Å². The summed E-state index contributed by atoms with van der Waals surface area (Å²) in [6, 6.07) is 6.56. The number of ether oxygens (including phenoxy) is 1. The summed E-state index contributed by atoms with van der Waals surface area (Å²) in [4.78, 5) is 33.6. The van der Waals surface area contributed by atoms with Gasteiger partial charge < -0.3 is 19.9 Å². The molecule has 1 aromatic carbocycles. The van der Waals surface area contributed by atoms with E-state index in [2.05, 4.69) is 20.6 Å². The zero-order valence-electron chi connectivity index (χ0n) is 21.2. The van der Waals surface area contributed by atoms with Gasteiger partial charge in [-0.3, -0.25) is 9.59 Å². The number of hydrogen-bond acceptors (Lipinski definition) is 6. The molecule has 1 fully saturated rings. The first-order valence-corrected chi connectivity index (χ1v) is 13.0. The van der Waals surface area contributed by atoms with Crippen LogP contribution in [0.5, 0.6) is 0 Å². The monoisotopic (exact) mass is 538 g/mol. The molecule has 2 aliphatic rings. The number of halogens is 2. The Morgan fingerprint density at radius 2 is 2.13 bits per heavy atom. The highest BCUT2D eigenvalue weighted by molar-refractivity contribution is 6.33. The standard InChI is InChI=1S/C27H28ClFN6O3/c1-27(2)14-38-13-23-34-25-20(29)9-16(10-21(25)35(23)27)18-11-22(31-12-19(18)28)33-26(37)15-4-3-5-17(8-15)32-24(36)6-7-30/h9-12,15,17H,3-6,8,13-14H2,1-2H3,(H,32,36)(H,31,33,37). The lowest BCUT2D eigenvalue weighted by molar-refractivity contribution is -0.124. The van der Waals surface area contributed by atoms with Gasteiger partial charge in [0.05, 0.1) is 28.8 Å². The normalized spacial score (nSPS) is 20.4. The highest BCUT2D eigenvalue weighted by Gasteiger charge is 2.32. The third-order valence-electron chi connectivity index (χ3n) is 7.14. The summed E-state index contributed by atoms with van der Waals surface area (Å²) >= 11 is 6.48. The van der Waals surface area contributed by atoms with Crippen LogP contribution in [0.3, 0.4) is 0 Å². The molecule has 1 aliphatic carbocycles. The number of fused-ring (bicyclic) bond motifs is 3. The Morgan fingerprint density at radius 3 is 2.92 bits per heavy atom. The Labute approximate surface area is 224 Å². The van der Waals surface area contributed by atoms with Gasteiger partial charge in [0.25, 0.3) is 0 Å². The largest absolute Gasteiger partial charge is 0.371 e. The molecule has 198 valence electrons. The van der Waals surface area contributed by atoms with Gasteiger partial charge in [0, 0.05) is 23.7 Å². The van der Waals surface area contributed by atoms with Crippen LogP contribution < -0.4 is 10.6 Å². The molecule has 3 heterocycles. The molecule has 1 saturated carbocycles. The van der Waals surface area contributed by atoms with Crippen molar-refractivity contribution < 1.29 is 18.7 Å². The number of anilines is 1. The summed E-state index contributed by atoms with van der Waals surface area (Å²) in [7, 11) is 0. The van der Waals surface area contributed by atoms with Crippen LogP contribution in [0.2, 0.25) is 5.02 Å². The molecule has 0 spiro atoms. The van der Waals surface area contributed by atoms with Gasteiger partial charge in [-0.1, -0.05) is 18.0 Å². The topological polar surface area (TPSA) is 122 Å². The number of amides is 2. The minimum absolute atomic E-state index is 0.153. The van der Waals surface area contributed by atoms with Gasteiger partial charge in [-0.05, 0) is 56.9 Å². The predicted octanol–water partition coefficient (Wildman–Crippen LogP) is 4.68. The fourth-order valence-electron chi connectivity index (χ4n) is 5.43. The summed E-state index contributed by atoms with van der Waals surface area (Å²) in [5.74, 6) is -0.361. The van der Waals surface area contributed by atoms with Crippen molar-refractivity contribution >= 4 is 40.3 Å². The fraction of sp³-hybridized carbons (Fsp3) is 0.444. The maximum Gasteiger partial charge on any atom is 0.234 e. The minimum Gasteiger partial charge on any atom is -0.371 e. The summed E-state index contributed by atoms with van der Waals surface area (Å²) in [5.41, 5.74) is 1.59. The number of nitriles is 1. The first kappa shape index (κ1) is 26.1. The highest BCUT2D eigenvalue weighted by atomic mass is 35.5. The smallest absolute Gasteiger partial charge is 0.234 e. The number of carbonyl (C=O) groups is 2. The molecule has 38 heavy (non-hydrogen) atoms. The van der Waals surface area contributed by atoms with Crippen molar-refractivity contribution in [2.75, 3.05) is 11.9 Å². The van der Waals surface area contributed by atoms with E-state index < -0.39 is 11.4 Å². The predicted molar refractivity (Wildman–Crippen MR) is 140 cm³/mol. The van der Waals surface area contributed by atoms with Crippen LogP contribution in [-0.2, 0) is 26.5 Å². The maximum absolute atomic E-state index is 15.2. The number of benzene rings is 1. The Morgan fingerprint density at radius 1 is 1.32 bits per heavy atom. The van der Waals surface area contributed by atoms with Crippen LogP contribution in [0.15, 0.2) is 24.4 Å². The summed E-state index contributed by atoms with van der Waals surface area (Å²) < 4.78 is 22.9. The first-order valence-electron chi connectivity index (χ1n) is 12.6. The van der Waals surface area contributed by atoms with Gasteiger partial charge in [-0.25, -0.2) is 14.4 Å². The van der Waals surface area contributed by atoms with Crippen LogP contribution in [0.4, 0.5) is 10.2 Å². The molecule has 2 unspecified atom stereocenters. The van der Waals surface area contributed by atoms with Gasteiger partial charge in [0.2, 0.25) is 11.8 Å². The molecule has 2 atom stereocenters. The number of rotatable bonds is 5. The van der Waals surface area contributed by atoms with E-state index in [-0.39, 0.29) is 35.7 Å². The summed E-state index contributed by atoms with van der Waals surface area (Å²) in [6.45, 7) is 4.81. The van der Waals surface area contributed by atoms with Crippen LogP contribution in [0.25, 0.3) is 22.2 Å². The van der Waals surface area contributed by atoms with Crippen molar-refractivity contribution in [1.82, 2.24) is 19.9 Å². The van der Waals surface area contributed by atoms with Gasteiger partial charge in [0.15, 0.2) is 5.82 Å². The van der Waals surface area contributed by atoms with Crippen molar-refractivity contribution in [3.05, 3.63) is 41.1 Å². The van der Waals surface area contributed by atoms with Gasteiger partial charge >= 0.3 is 0 Å². The first-order chi connectivity index (χ1) is 18.2. The second-order valence-corrected chi connectivity index (χ2v) is 10.9. The molecule has 2 amide bonds. The molecule has 2 aromatic heterocycles. The van der Waals surface area contributed by atoms with Crippen LogP contribution >= 0.6 is 11.6 Å². The van der Waals surface area contributed by atoms with Crippen LogP contribution in [-0.4, -0.2) is 39.0 Å². The number of nitrogens with one attached hydrogen (secondary N) is 2. The molecular weight excluding hydrogens is 511 g/mol. The van der Waals surface area contributed by atoms with Crippen molar-refractivity contribution in [2.45, 2.75) is 64.1 Å². The number of hydrogen-bond donors (Lipinski definition) is 2. The van der Waals surface area contributed by atoms with Crippen LogP contribution in [0, 0.1) is 23.1 Å². The lowest BCUT2D eigenvalue weighted by Crippen LogP contribution is -2.40. The van der Waals surface area contributed by atoms with Gasteiger partial charge in [-0.2, -0.15) is 5.26 Å². The number of nitrogens with zero attached hydrogens (tertiary/aromatic N) is 4. The summed E-state index contributed by atoms with van der Waals surface area (Å²) in [5, 5.41) is 14.7. The molecule has 2 N–H and O–H groups in total. The van der Waals surface area contributed by atoms with Crippen molar-refractivity contribution in [3.63, 3.8) is 0 Å². The lowest BCUT2D eigenvalue weighted by atomic mass is 9.85. The molecular formula is C27H28ClFN6O3. The van der Waals surface area contributed by atoms with Crippen molar-refractivity contribution in [3.8, 4) is 17.2 Å². The molecule has 9 nitrogen and oxygen atoms in total. The van der Waals surface area contributed by atoms with Gasteiger partial charge in [-0.15, -0.1) is 0 Å². The van der Waals surface area contributed by atoms with E-state index >= 15 is 4.39 Å². The van der Waals surface area contributed by atoms with Crippen LogP contribution in [0.1, 0.15) is 51.8 Å². The molecule has 0 bridgehead atoms. The van der Waals surface area contributed by atoms with E-state index in [0.29, 0.717) is 59.4 Å². The highest BCUT2D eigenvalue weighted by Crippen LogP contribution is 2.36. The number of carbonyl (C=O) groups excluding carboxylic acids is 2. The SMILES string of the molecule is CC1(C)COCc2nc3c(F)cc(-c4cc(NC(=O)C5CCCC(NC(=O)CC#N)C5)ncc4Cl)cc3n21. The Hall–Kier alpha value is -3.55. The Kier molecular flexibility index (Phi) is 7.07. The second kappa shape index (κ2) is 10.3. The van der Waals surface area contributed by atoms with Crippen molar-refractivity contribution in [2.24, 2.45) is 5.92 Å². The molecule has 11 heteroatoms. The lowest BCUT2D eigenvalue weighted by Gasteiger charge is -2.33. The summed E-state index contributed by atoms with van der Waals surface area (Å²) in [6.07, 6.45) is 3.95. The zero-order chi connectivity index (χ0) is 27.0. The average Bonchev–Trinajstić information content (AvgIpc) is 3.26. The third kappa shape index (κ3) is 5.08. The molecule has 0 radical (unpaired) electrons. The maximum atomic E-state index is 15.2. The zero-order valence-corrected chi connectivity index (χ0v) is 21.9. The molecule has 0 saturated heterocycles. The van der Waals surface area contributed by atoms with E-state index in [1.807, 2.05) is 30.6 Å². The molecule has 1 aliphatic heterocycles. The van der Waals surface area contributed by atoms with E-state index in [1.165, 1.54) is 12.3 Å². The minimum atomic E-state index is -0.472. The van der Waals surface area contributed by atoms with E-state index in [4.69, 9.17) is 21.6 Å². The second-order valence-electron chi connectivity index (χ2n) is 10.5.